The molecule has 1 rings (SSSR count). The molecule has 0 N–H and O–H groups in total. The summed E-state index contributed by atoms with van der Waals surface area (Å²) in [5, 5.41) is 0. The average molecular weight is 376 g/mol. The Morgan fingerprint density at radius 1 is 0.556 bits per heavy atom. The Kier molecular flexibility index (Phi) is 16.7. The van der Waals surface area contributed by atoms with Gasteiger partial charge in [-0.15, -0.1) is 0 Å². The fraction of sp³-hybridized carbons (Fsp3) is 0.880. The summed E-state index contributed by atoms with van der Waals surface area (Å²) in [4.78, 5) is 8.62. The van der Waals surface area contributed by atoms with Crippen molar-refractivity contribution >= 4 is 12.4 Å². The lowest BCUT2D eigenvalue weighted by atomic mass is 9.91. The summed E-state index contributed by atoms with van der Waals surface area (Å²) in [5.74, 6) is 0.880. The molecule has 1 aliphatic heterocycles. The van der Waals surface area contributed by atoms with Gasteiger partial charge in [-0.05, 0) is 12.3 Å². The van der Waals surface area contributed by atoms with Crippen LogP contribution in [0.1, 0.15) is 136 Å². The monoisotopic (exact) mass is 375 g/mol. The summed E-state index contributed by atoms with van der Waals surface area (Å²) in [6.07, 6.45) is 31.4. The molecule has 0 aromatic heterocycles. The highest BCUT2D eigenvalue weighted by Crippen LogP contribution is 2.26. The summed E-state index contributed by atoms with van der Waals surface area (Å²) < 4.78 is 0. The van der Waals surface area contributed by atoms with Gasteiger partial charge in [0.1, 0.15) is 0 Å². The van der Waals surface area contributed by atoms with Gasteiger partial charge in [-0.3, -0.25) is 0 Å². The van der Waals surface area contributed by atoms with Crippen molar-refractivity contribution in [2.75, 3.05) is 0 Å². The Balaban J connectivity index is 1.84. The molecular formula is C25H47N2+. The molecular weight excluding hydrogens is 328 g/mol. The van der Waals surface area contributed by atoms with Gasteiger partial charge in [0.2, 0.25) is 6.17 Å². The average Bonchev–Trinajstić information content (AvgIpc) is 3.20. The van der Waals surface area contributed by atoms with Crippen LogP contribution >= 0.6 is 0 Å². The zero-order valence-corrected chi connectivity index (χ0v) is 18.6. The summed E-state index contributed by atoms with van der Waals surface area (Å²) in [5.41, 5.74) is 0. The molecule has 0 saturated heterocycles. The molecule has 0 radical (unpaired) electrons. The summed E-state index contributed by atoms with van der Waals surface area (Å²) in [7, 11) is 0. The molecule has 0 amide bonds. The highest BCUT2D eigenvalue weighted by atomic mass is 15.0. The van der Waals surface area contributed by atoms with Gasteiger partial charge in [-0.1, -0.05) is 133 Å². The van der Waals surface area contributed by atoms with Crippen LogP contribution in [0.15, 0.2) is 9.98 Å². The van der Waals surface area contributed by atoms with E-state index < -0.39 is 0 Å². The van der Waals surface area contributed by atoms with Crippen molar-refractivity contribution in [2.24, 2.45) is 15.9 Å². The molecule has 0 bridgehead atoms. The topological polar surface area (TPSA) is 24.7 Å². The van der Waals surface area contributed by atoms with E-state index in [0.717, 1.165) is 18.5 Å². The van der Waals surface area contributed by atoms with Crippen molar-refractivity contribution in [3.63, 3.8) is 0 Å². The van der Waals surface area contributed by atoms with E-state index in [4.69, 9.17) is 0 Å². The number of rotatable bonds is 20. The molecule has 0 spiro atoms. The first-order chi connectivity index (χ1) is 13.4. The minimum absolute atomic E-state index is 0.880. The van der Waals surface area contributed by atoms with Crippen molar-refractivity contribution < 1.29 is 0 Å². The fourth-order valence-corrected chi connectivity index (χ4v) is 4.20. The molecule has 1 unspecified atom stereocenters. The largest absolute Gasteiger partial charge is 0.240 e. The predicted molar refractivity (Wildman–Crippen MR) is 123 cm³/mol. The van der Waals surface area contributed by atoms with Crippen LogP contribution in [0.3, 0.4) is 0 Å². The van der Waals surface area contributed by atoms with Gasteiger partial charge in [0.15, 0.2) is 12.4 Å². The van der Waals surface area contributed by atoms with Gasteiger partial charge in [0.25, 0.3) is 0 Å². The first kappa shape index (κ1) is 24.2. The molecule has 2 heteroatoms. The second kappa shape index (κ2) is 18.6. The van der Waals surface area contributed by atoms with Gasteiger partial charge >= 0.3 is 0 Å². The minimum Gasteiger partial charge on any atom is -0.0968 e. The van der Waals surface area contributed by atoms with Crippen molar-refractivity contribution in [2.45, 2.75) is 136 Å². The maximum Gasteiger partial charge on any atom is 0.240 e. The molecule has 2 nitrogen and oxygen atoms in total. The second-order valence-electron chi connectivity index (χ2n) is 8.55. The van der Waals surface area contributed by atoms with Crippen molar-refractivity contribution in [1.29, 1.82) is 0 Å². The Bertz CT molecular complexity index is 349. The Morgan fingerprint density at radius 3 is 1.52 bits per heavy atom. The van der Waals surface area contributed by atoms with Gasteiger partial charge in [0, 0.05) is 0 Å². The van der Waals surface area contributed by atoms with Crippen molar-refractivity contribution in [1.82, 2.24) is 0 Å². The third-order valence-electron chi connectivity index (χ3n) is 5.95. The van der Waals surface area contributed by atoms with E-state index in [1.165, 1.54) is 116 Å². The van der Waals surface area contributed by atoms with E-state index in [2.05, 4.69) is 23.8 Å². The van der Waals surface area contributed by atoms with Gasteiger partial charge < -0.3 is 0 Å². The Labute approximate surface area is 170 Å². The van der Waals surface area contributed by atoms with Crippen molar-refractivity contribution in [3.05, 3.63) is 6.17 Å². The normalized spacial score (nSPS) is 14.4. The lowest BCUT2D eigenvalue weighted by molar-refractivity contribution is 0.386. The lowest BCUT2D eigenvalue weighted by Crippen LogP contribution is -2.02. The SMILES string of the molecule is CCCCCCCCCCCCCCCCC(CCC)CC[C+]1N=CC=N1. The standard InChI is InChI=1S/C25H47N2/c1-3-5-6-7-8-9-10-11-12-13-14-15-16-17-19-24(18-4-2)20-21-25-26-22-23-27-25/h22-24H,3-21H2,1-2H3/q+1. The van der Waals surface area contributed by atoms with E-state index in [1.54, 1.807) is 0 Å². The lowest BCUT2D eigenvalue weighted by Gasteiger charge is -2.15. The highest BCUT2D eigenvalue weighted by Gasteiger charge is 2.18. The quantitative estimate of drug-likeness (QED) is 0.150. The van der Waals surface area contributed by atoms with Crippen LogP contribution in [0.2, 0.25) is 0 Å². The molecule has 0 aromatic rings. The van der Waals surface area contributed by atoms with Gasteiger partial charge in [-0.2, -0.15) is 0 Å². The molecule has 0 aromatic carbocycles. The molecule has 0 saturated carbocycles. The predicted octanol–water partition coefficient (Wildman–Crippen LogP) is 8.70. The number of nitrogens with zero attached hydrogens (tertiary/aromatic N) is 2. The van der Waals surface area contributed by atoms with Crippen LogP contribution in [0, 0.1) is 12.1 Å². The van der Waals surface area contributed by atoms with Crippen LogP contribution in [-0.4, -0.2) is 12.4 Å². The number of aliphatic imine (C=N–C) groups is 2. The van der Waals surface area contributed by atoms with Crippen LogP contribution in [0.4, 0.5) is 0 Å². The van der Waals surface area contributed by atoms with Crippen LogP contribution < -0.4 is 0 Å². The smallest absolute Gasteiger partial charge is 0.0968 e. The maximum atomic E-state index is 4.31. The summed E-state index contributed by atoms with van der Waals surface area (Å²) in [6, 6.07) is 0. The number of hydrogen-bond donors (Lipinski definition) is 0. The Morgan fingerprint density at radius 2 is 1.04 bits per heavy atom. The zero-order valence-electron chi connectivity index (χ0n) is 18.6. The van der Waals surface area contributed by atoms with Crippen molar-refractivity contribution in [3.8, 4) is 0 Å². The van der Waals surface area contributed by atoms with E-state index >= 15 is 0 Å². The molecule has 1 aliphatic rings. The fourth-order valence-electron chi connectivity index (χ4n) is 4.20. The maximum absolute atomic E-state index is 4.31. The van der Waals surface area contributed by atoms with Gasteiger partial charge in [0.05, 0.1) is 6.42 Å². The molecule has 0 aliphatic carbocycles. The highest BCUT2D eigenvalue weighted by molar-refractivity contribution is 6.18. The first-order valence-corrected chi connectivity index (χ1v) is 12.3. The zero-order chi connectivity index (χ0) is 19.4. The summed E-state index contributed by atoms with van der Waals surface area (Å²) in [6.45, 7) is 4.61. The van der Waals surface area contributed by atoms with E-state index in [-0.39, 0.29) is 0 Å². The van der Waals surface area contributed by atoms with E-state index in [9.17, 15) is 0 Å². The van der Waals surface area contributed by atoms with Crippen LogP contribution in [0.25, 0.3) is 0 Å². The first-order valence-electron chi connectivity index (χ1n) is 12.3. The second-order valence-corrected chi connectivity index (χ2v) is 8.55. The van der Waals surface area contributed by atoms with E-state index in [1.807, 2.05) is 12.4 Å². The summed E-state index contributed by atoms with van der Waals surface area (Å²) >= 11 is 0. The van der Waals surface area contributed by atoms with Crippen LogP contribution in [0.5, 0.6) is 0 Å². The molecule has 1 heterocycles. The Hall–Kier alpha value is -0.790. The number of unbranched alkanes of at least 4 members (excludes halogenated alkanes) is 13. The van der Waals surface area contributed by atoms with E-state index in [0.29, 0.717) is 0 Å². The molecule has 156 valence electrons. The molecule has 1 atom stereocenters. The van der Waals surface area contributed by atoms with Crippen LogP contribution in [-0.2, 0) is 0 Å². The van der Waals surface area contributed by atoms with Gasteiger partial charge in [-0.25, -0.2) is 0 Å². The number of hydrogen-bond acceptors (Lipinski definition) is 2. The minimum atomic E-state index is 0.880. The molecule has 0 fully saturated rings. The molecule has 27 heavy (non-hydrogen) atoms. The third kappa shape index (κ3) is 14.9. The third-order valence-corrected chi connectivity index (χ3v) is 5.95.